The van der Waals surface area contributed by atoms with Gasteiger partial charge in [-0.25, -0.2) is 13.1 Å². The number of nitrogens with one attached hydrogen (secondary N) is 1. The molecule has 1 saturated carbocycles. The first-order valence-corrected chi connectivity index (χ1v) is 9.57. The van der Waals surface area contributed by atoms with Gasteiger partial charge in [-0.1, -0.05) is 39.3 Å². The van der Waals surface area contributed by atoms with Crippen molar-refractivity contribution < 1.29 is 17.9 Å². The van der Waals surface area contributed by atoms with E-state index in [2.05, 4.69) is 27.7 Å². The summed E-state index contributed by atoms with van der Waals surface area (Å²) in [6.45, 7) is 9.39. The number of benzene rings is 1. The van der Waals surface area contributed by atoms with E-state index in [9.17, 15) is 13.2 Å². The fourth-order valence-corrected chi connectivity index (χ4v) is 3.60. The first kappa shape index (κ1) is 18.1. The third-order valence-electron chi connectivity index (χ3n) is 5.20. The van der Waals surface area contributed by atoms with E-state index in [0.717, 1.165) is 6.26 Å². The summed E-state index contributed by atoms with van der Waals surface area (Å²) in [4.78, 5) is 11.8. The van der Waals surface area contributed by atoms with E-state index >= 15 is 0 Å². The predicted molar refractivity (Wildman–Crippen MR) is 90.3 cm³/mol. The maximum Gasteiger partial charge on any atom is 0.264 e. The lowest BCUT2D eigenvalue weighted by Gasteiger charge is -2.10. The van der Waals surface area contributed by atoms with Crippen LogP contribution in [0.15, 0.2) is 18.2 Å². The first-order valence-electron chi connectivity index (χ1n) is 7.31. The van der Waals surface area contributed by atoms with E-state index < -0.39 is 15.9 Å². The Labute approximate surface area is 142 Å². The van der Waals surface area contributed by atoms with Crippen LogP contribution in [0.4, 0.5) is 0 Å². The molecule has 1 aliphatic carbocycles. The Morgan fingerprint density at radius 3 is 2.26 bits per heavy atom. The van der Waals surface area contributed by atoms with Crippen LogP contribution in [-0.2, 0) is 10.0 Å². The van der Waals surface area contributed by atoms with Crippen LogP contribution in [0.25, 0.3) is 0 Å². The predicted octanol–water partition coefficient (Wildman–Crippen LogP) is 3.09. The van der Waals surface area contributed by atoms with Gasteiger partial charge in [0.2, 0.25) is 10.0 Å². The maximum absolute atomic E-state index is 11.8. The zero-order valence-electron chi connectivity index (χ0n) is 13.9. The number of ether oxygens (including phenoxy) is 1. The molecule has 7 heteroatoms. The fraction of sp³-hybridized carbons (Fsp3) is 0.562. The zero-order chi connectivity index (χ0) is 17.6. The van der Waals surface area contributed by atoms with E-state index in [1.807, 2.05) is 4.72 Å². The van der Waals surface area contributed by atoms with Crippen molar-refractivity contribution in [2.75, 3.05) is 12.9 Å². The summed E-state index contributed by atoms with van der Waals surface area (Å²) in [5.74, 6) is 0.200. The van der Waals surface area contributed by atoms with Gasteiger partial charge in [0.05, 0.1) is 17.9 Å². The Bertz CT molecular complexity index is 726. The van der Waals surface area contributed by atoms with Crippen LogP contribution < -0.4 is 9.46 Å². The molecule has 1 aromatic rings. The van der Waals surface area contributed by atoms with Gasteiger partial charge in [-0.2, -0.15) is 0 Å². The highest BCUT2D eigenvalue weighted by atomic mass is 35.5. The normalized spacial score (nSPS) is 19.2. The summed E-state index contributed by atoms with van der Waals surface area (Å²) in [5, 5.41) is 0.280. The number of halogens is 1. The van der Waals surface area contributed by atoms with Crippen LogP contribution in [0.2, 0.25) is 5.02 Å². The van der Waals surface area contributed by atoms with Crippen molar-refractivity contribution in [3.05, 3.63) is 28.8 Å². The summed E-state index contributed by atoms with van der Waals surface area (Å²) in [5.41, 5.74) is 0.601. The van der Waals surface area contributed by atoms with Crippen molar-refractivity contribution in [2.24, 2.45) is 16.7 Å². The topological polar surface area (TPSA) is 72.5 Å². The van der Waals surface area contributed by atoms with Gasteiger partial charge in [-0.3, -0.25) is 4.79 Å². The molecule has 23 heavy (non-hydrogen) atoms. The highest BCUT2D eigenvalue weighted by Crippen LogP contribution is 2.68. The SMILES string of the molecule is CC1(C)C(COc2ccc(C(=O)NS(C)(=O)=O)cc2Cl)C1(C)C. The van der Waals surface area contributed by atoms with Crippen LogP contribution in [0.3, 0.4) is 0 Å². The summed E-state index contributed by atoms with van der Waals surface area (Å²) < 4.78 is 29.9. The van der Waals surface area contributed by atoms with Crippen molar-refractivity contribution in [3.8, 4) is 5.75 Å². The lowest BCUT2D eigenvalue weighted by atomic mass is 10.0. The molecule has 0 spiro atoms. The van der Waals surface area contributed by atoms with Crippen LogP contribution in [0.5, 0.6) is 5.75 Å². The minimum atomic E-state index is -3.61. The quantitative estimate of drug-likeness (QED) is 0.876. The fourth-order valence-electron chi connectivity index (χ4n) is 2.91. The summed E-state index contributed by atoms with van der Waals surface area (Å²) in [6.07, 6.45) is 0.920. The third-order valence-corrected chi connectivity index (χ3v) is 6.05. The maximum atomic E-state index is 11.8. The van der Waals surface area contributed by atoms with Gasteiger partial charge in [0.15, 0.2) is 0 Å². The molecular formula is C16H22ClNO4S. The number of carbonyl (C=O) groups excluding carboxylic acids is 1. The molecule has 1 aromatic carbocycles. The standard InChI is InChI=1S/C16H22ClNO4S/c1-15(2)13(16(15,3)4)9-22-12-7-6-10(8-11(12)17)14(19)18-23(5,20)21/h6-8,13H,9H2,1-5H3,(H,18,19). The van der Waals surface area contributed by atoms with Crippen molar-refractivity contribution in [3.63, 3.8) is 0 Å². The average molecular weight is 360 g/mol. The summed E-state index contributed by atoms with van der Waals surface area (Å²) >= 11 is 6.14. The molecule has 0 aromatic heterocycles. The molecule has 0 radical (unpaired) electrons. The number of sulfonamides is 1. The molecule has 1 fully saturated rings. The van der Waals surface area contributed by atoms with E-state index in [4.69, 9.17) is 16.3 Å². The molecule has 1 amide bonds. The van der Waals surface area contributed by atoms with Gasteiger partial charge in [0.1, 0.15) is 5.75 Å². The Morgan fingerprint density at radius 2 is 1.83 bits per heavy atom. The van der Waals surface area contributed by atoms with Crippen LogP contribution in [0.1, 0.15) is 38.1 Å². The van der Waals surface area contributed by atoms with E-state index in [1.54, 1.807) is 6.07 Å². The van der Waals surface area contributed by atoms with Crippen molar-refractivity contribution in [1.82, 2.24) is 4.72 Å². The van der Waals surface area contributed by atoms with E-state index in [1.165, 1.54) is 12.1 Å². The average Bonchev–Trinajstić information content (AvgIpc) is 2.76. The number of carbonyl (C=O) groups is 1. The first-order chi connectivity index (χ1) is 10.4. The second-order valence-corrected chi connectivity index (χ2v) is 9.31. The molecule has 0 saturated heterocycles. The second kappa shape index (κ2) is 5.67. The Balaban J connectivity index is 2.05. The molecule has 5 nitrogen and oxygen atoms in total. The van der Waals surface area contributed by atoms with Gasteiger partial charge in [0.25, 0.3) is 5.91 Å². The van der Waals surface area contributed by atoms with Gasteiger partial charge in [0, 0.05) is 11.5 Å². The molecule has 2 rings (SSSR count). The molecular weight excluding hydrogens is 338 g/mol. The molecule has 0 aliphatic heterocycles. The monoisotopic (exact) mass is 359 g/mol. The Kier molecular flexibility index (Phi) is 4.45. The van der Waals surface area contributed by atoms with Gasteiger partial charge >= 0.3 is 0 Å². The smallest absolute Gasteiger partial charge is 0.264 e. The van der Waals surface area contributed by atoms with Gasteiger partial charge in [-0.15, -0.1) is 0 Å². The van der Waals surface area contributed by atoms with Gasteiger partial charge < -0.3 is 4.74 Å². The van der Waals surface area contributed by atoms with Crippen molar-refractivity contribution >= 4 is 27.5 Å². The number of rotatable bonds is 5. The number of hydrogen-bond acceptors (Lipinski definition) is 4. The number of hydrogen-bond donors (Lipinski definition) is 1. The van der Waals surface area contributed by atoms with Crippen LogP contribution in [-0.4, -0.2) is 27.2 Å². The highest BCUT2D eigenvalue weighted by Gasteiger charge is 2.64. The molecule has 1 N–H and O–H groups in total. The third kappa shape index (κ3) is 3.63. The highest BCUT2D eigenvalue weighted by molar-refractivity contribution is 7.89. The molecule has 0 heterocycles. The number of amides is 1. The Morgan fingerprint density at radius 1 is 1.26 bits per heavy atom. The lowest BCUT2D eigenvalue weighted by Crippen LogP contribution is -2.29. The largest absolute Gasteiger partial charge is 0.492 e. The summed E-state index contributed by atoms with van der Waals surface area (Å²) in [6, 6.07) is 4.48. The minimum Gasteiger partial charge on any atom is -0.492 e. The van der Waals surface area contributed by atoms with E-state index in [0.29, 0.717) is 18.3 Å². The lowest BCUT2D eigenvalue weighted by molar-refractivity contribution is 0.0981. The molecule has 0 unspecified atom stereocenters. The molecule has 0 bridgehead atoms. The van der Waals surface area contributed by atoms with Gasteiger partial charge in [-0.05, 0) is 29.0 Å². The van der Waals surface area contributed by atoms with Crippen molar-refractivity contribution in [1.29, 1.82) is 0 Å². The molecule has 128 valence electrons. The van der Waals surface area contributed by atoms with Crippen molar-refractivity contribution in [2.45, 2.75) is 27.7 Å². The molecule has 0 atom stereocenters. The Hall–Kier alpha value is -1.27. The minimum absolute atomic E-state index is 0.167. The van der Waals surface area contributed by atoms with Crippen LogP contribution in [0, 0.1) is 16.7 Å². The van der Waals surface area contributed by atoms with Crippen LogP contribution >= 0.6 is 11.6 Å². The van der Waals surface area contributed by atoms with E-state index in [-0.39, 0.29) is 21.4 Å². The summed E-state index contributed by atoms with van der Waals surface area (Å²) in [7, 11) is -3.61. The molecule has 1 aliphatic rings. The second-order valence-electron chi connectivity index (χ2n) is 7.16. The zero-order valence-corrected chi connectivity index (χ0v) is 15.5.